The van der Waals surface area contributed by atoms with Gasteiger partial charge in [-0.15, -0.1) is 0 Å². The standard InChI is InChI=1S/C16H24N2O2/c1-12(2)8-10-17-16(20)18-11-9-15(19)14-6-4-13(3)5-7-14/h4-7,12H,8-11H2,1-3H3,(H2,17,18,20). The van der Waals surface area contributed by atoms with E-state index in [1.54, 1.807) is 0 Å². The molecule has 110 valence electrons. The summed E-state index contributed by atoms with van der Waals surface area (Å²) in [5.74, 6) is 0.617. The Morgan fingerprint density at radius 3 is 2.25 bits per heavy atom. The van der Waals surface area contributed by atoms with Crippen molar-refractivity contribution in [2.75, 3.05) is 13.1 Å². The number of carbonyl (C=O) groups excluding carboxylic acids is 2. The van der Waals surface area contributed by atoms with Gasteiger partial charge in [-0.2, -0.15) is 0 Å². The molecular formula is C16H24N2O2. The Morgan fingerprint density at radius 1 is 1.05 bits per heavy atom. The van der Waals surface area contributed by atoms with E-state index in [0.29, 0.717) is 31.0 Å². The van der Waals surface area contributed by atoms with Crippen LogP contribution >= 0.6 is 0 Å². The van der Waals surface area contributed by atoms with E-state index in [1.165, 1.54) is 0 Å². The van der Waals surface area contributed by atoms with Crippen molar-refractivity contribution < 1.29 is 9.59 Å². The highest BCUT2D eigenvalue weighted by atomic mass is 16.2. The van der Waals surface area contributed by atoms with Gasteiger partial charge >= 0.3 is 6.03 Å². The highest BCUT2D eigenvalue weighted by molar-refractivity contribution is 5.96. The molecule has 2 amide bonds. The van der Waals surface area contributed by atoms with Gasteiger partial charge in [0.15, 0.2) is 5.78 Å². The number of nitrogens with one attached hydrogen (secondary N) is 2. The van der Waals surface area contributed by atoms with Crippen LogP contribution in [-0.2, 0) is 0 Å². The number of amides is 2. The molecule has 0 atom stereocenters. The number of aryl methyl sites for hydroxylation is 1. The lowest BCUT2D eigenvalue weighted by Gasteiger charge is -2.08. The Labute approximate surface area is 121 Å². The van der Waals surface area contributed by atoms with Gasteiger partial charge in [-0.3, -0.25) is 4.79 Å². The van der Waals surface area contributed by atoms with Crippen molar-refractivity contribution in [3.8, 4) is 0 Å². The number of Topliss-reactive ketones (excluding diaryl/α,β-unsaturated/α-hetero) is 1. The van der Waals surface area contributed by atoms with Crippen molar-refractivity contribution >= 4 is 11.8 Å². The minimum Gasteiger partial charge on any atom is -0.338 e. The molecule has 0 aliphatic rings. The van der Waals surface area contributed by atoms with E-state index in [4.69, 9.17) is 0 Å². The fourth-order valence-corrected chi connectivity index (χ4v) is 1.71. The first-order valence-corrected chi connectivity index (χ1v) is 7.10. The van der Waals surface area contributed by atoms with Gasteiger partial charge in [0.1, 0.15) is 0 Å². The molecule has 0 spiro atoms. The molecule has 1 aromatic rings. The van der Waals surface area contributed by atoms with Crippen LogP contribution in [0.2, 0.25) is 0 Å². The molecule has 1 aromatic carbocycles. The summed E-state index contributed by atoms with van der Waals surface area (Å²) in [5.41, 5.74) is 1.82. The molecule has 0 fully saturated rings. The number of urea groups is 1. The average molecular weight is 276 g/mol. The number of hydrogen-bond donors (Lipinski definition) is 2. The van der Waals surface area contributed by atoms with Crippen LogP contribution in [0.3, 0.4) is 0 Å². The second kappa shape index (κ2) is 8.35. The SMILES string of the molecule is Cc1ccc(C(=O)CCNC(=O)NCCC(C)C)cc1. The van der Waals surface area contributed by atoms with Crippen LogP contribution in [0.5, 0.6) is 0 Å². The molecule has 0 aromatic heterocycles. The Hall–Kier alpha value is -1.84. The number of carbonyl (C=O) groups is 2. The normalized spacial score (nSPS) is 10.4. The van der Waals surface area contributed by atoms with Gasteiger partial charge in [-0.25, -0.2) is 4.79 Å². The second-order valence-electron chi connectivity index (χ2n) is 5.40. The zero-order valence-electron chi connectivity index (χ0n) is 12.5. The van der Waals surface area contributed by atoms with E-state index in [1.807, 2.05) is 31.2 Å². The van der Waals surface area contributed by atoms with Crippen LogP contribution in [0.4, 0.5) is 4.79 Å². The van der Waals surface area contributed by atoms with Crippen LogP contribution in [0, 0.1) is 12.8 Å². The third-order valence-electron chi connectivity index (χ3n) is 3.02. The molecule has 4 heteroatoms. The summed E-state index contributed by atoms with van der Waals surface area (Å²) in [6.45, 7) is 7.23. The molecule has 20 heavy (non-hydrogen) atoms. The molecule has 0 bridgehead atoms. The lowest BCUT2D eigenvalue weighted by atomic mass is 10.1. The van der Waals surface area contributed by atoms with Crippen LogP contribution in [0.1, 0.15) is 42.6 Å². The van der Waals surface area contributed by atoms with Crippen molar-refractivity contribution in [3.63, 3.8) is 0 Å². The third kappa shape index (κ3) is 6.36. The first kappa shape index (κ1) is 16.2. The van der Waals surface area contributed by atoms with Crippen LogP contribution in [-0.4, -0.2) is 24.9 Å². The lowest BCUT2D eigenvalue weighted by molar-refractivity contribution is 0.0983. The summed E-state index contributed by atoms with van der Waals surface area (Å²) in [5, 5.41) is 5.47. The largest absolute Gasteiger partial charge is 0.338 e. The molecule has 0 heterocycles. The Kier molecular flexibility index (Phi) is 6.77. The summed E-state index contributed by atoms with van der Waals surface area (Å²) in [6, 6.07) is 7.27. The first-order valence-electron chi connectivity index (χ1n) is 7.10. The molecule has 0 aliphatic carbocycles. The van der Waals surface area contributed by atoms with Crippen molar-refractivity contribution in [1.29, 1.82) is 0 Å². The Bertz CT molecular complexity index is 438. The van der Waals surface area contributed by atoms with Crippen molar-refractivity contribution in [2.45, 2.75) is 33.6 Å². The molecule has 0 aliphatic heterocycles. The van der Waals surface area contributed by atoms with Crippen LogP contribution < -0.4 is 10.6 Å². The topological polar surface area (TPSA) is 58.2 Å². The molecule has 2 N–H and O–H groups in total. The third-order valence-corrected chi connectivity index (χ3v) is 3.02. The summed E-state index contributed by atoms with van der Waals surface area (Å²) in [7, 11) is 0. The van der Waals surface area contributed by atoms with Gasteiger partial charge in [-0.05, 0) is 19.3 Å². The summed E-state index contributed by atoms with van der Waals surface area (Å²) in [4.78, 5) is 23.3. The zero-order chi connectivity index (χ0) is 15.0. The van der Waals surface area contributed by atoms with Crippen molar-refractivity contribution in [1.82, 2.24) is 10.6 Å². The summed E-state index contributed by atoms with van der Waals surface area (Å²) < 4.78 is 0. The smallest absolute Gasteiger partial charge is 0.314 e. The molecule has 0 saturated carbocycles. The quantitative estimate of drug-likeness (QED) is 0.752. The monoisotopic (exact) mass is 276 g/mol. The van der Waals surface area contributed by atoms with E-state index in [2.05, 4.69) is 24.5 Å². The number of ketones is 1. The van der Waals surface area contributed by atoms with E-state index in [-0.39, 0.29) is 11.8 Å². The molecule has 1 rings (SSSR count). The van der Waals surface area contributed by atoms with Gasteiger partial charge in [-0.1, -0.05) is 43.7 Å². The predicted molar refractivity (Wildman–Crippen MR) is 81.0 cm³/mol. The number of hydrogen-bond acceptors (Lipinski definition) is 2. The molecule has 0 saturated heterocycles. The van der Waals surface area contributed by atoms with Gasteiger partial charge < -0.3 is 10.6 Å². The maximum atomic E-state index is 11.9. The first-order chi connectivity index (χ1) is 9.49. The lowest BCUT2D eigenvalue weighted by Crippen LogP contribution is -2.37. The van der Waals surface area contributed by atoms with Gasteiger partial charge in [0.2, 0.25) is 0 Å². The van der Waals surface area contributed by atoms with Crippen LogP contribution in [0.25, 0.3) is 0 Å². The zero-order valence-corrected chi connectivity index (χ0v) is 12.5. The van der Waals surface area contributed by atoms with Gasteiger partial charge in [0.05, 0.1) is 0 Å². The summed E-state index contributed by atoms with van der Waals surface area (Å²) >= 11 is 0. The maximum absolute atomic E-state index is 11.9. The maximum Gasteiger partial charge on any atom is 0.314 e. The predicted octanol–water partition coefficient (Wildman–Crippen LogP) is 2.91. The molecule has 0 unspecified atom stereocenters. The fraction of sp³-hybridized carbons (Fsp3) is 0.500. The minimum atomic E-state index is -0.206. The molecular weight excluding hydrogens is 252 g/mol. The molecule has 4 nitrogen and oxygen atoms in total. The van der Waals surface area contributed by atoms with E-state index >= 15 is 0 Å². The Morgan fingerprint density at radius 2 is 1.65 bits per heavy atom. The van der Waals surface area contributed by atoms with E-state index in [9.17, 15) is 9.59 Å². The van der Waals surface area contributed by atoms with E-state index < -0.39 is 0 Å². The average Bonchev–Trinajstić information content (AvgIpc) is 2.39. The highest BCUT2D eigenvalue weighted by Gasteiger charge is 2.06. The van der Waals surface area contributed by atoms with Crippen LogP contribution in [0.15, 0.2) is 24.3 Å². The number of rotatable bonds is 7. The van der Waals surface area contributed by atoms with Gasteiger partial charge in [0.25, 0.3) is 0 Å². The number of benzene rings is 1. The fourth-order valence-electron chi connectivity index (χ4n) is 1.71. The van der Waals surface area contributed by atoms with Gasteiger partial charge in [0, 0.05) is 25.1 Å². The highest BCUT2D eigenvalue weighted by Crippen LogP contribution is 2.05. The summed E-state index contributed by atoms with van der Waals surface area (Å²) in [6.07, 6.45) is 1.27. The second-order valence-corrected chi connectivity index (χ2v) is 5.40. The van der Waals surface area contributed by atoms with Crippen molar-refractivity contribution in [2.24, 2.45) is 5.92 Å². The molecule has 0 radical (unpaired) electrons. The van der Waals surface area contributed by atoms with E-state index in [0.717, 1.165) is 12.0 Å². The minimum absolute atomic E-state index is 0.0486. The van der Waals surface area contributed by atoms with Crippen molar-refractivity contribution in [3.05, 3.63) is 35.4 Å². The Balaban J connectivity index is 2.21.